The average molecular weight is 238 g/mol. The van der Waals surface area contributed by atoms with Crippen molar-refractivity contribution in [3.8, 4) is 0 Å². The molecule has 17 heavy (non-hydrogen) atoms. The first-order valence-electron chi connectivity index (χ1n) is 7.71. The minimum absolute atomic E-state index is 0.737. The minimum Gasteiger partial charge on any atom is -0.313 e. The molecule has 0 amide bonds. The number of piperidine rings is 1. The lowest BCUT2D eigenvalue weighted by molar-refractivity contribution is 0.189. The third-order valence-electron chi connectivity index (χ3n) is 4.88. The monoisotopic (exact) mass is 238 g/mol. The zero-order valence-electron chi connectivity index (χ0n) is 11.8. The Morgan fingerprint density at radius 1 is 1.12 bits per heavy atom. The molecule has 1 aliphatic carbocycles. The van der Waals surface area contributed by atoms with E-state index in [1.54, 1.807) is 0 Å². The second kappa shape index (κ2) is 6.75. The minimum atomic E-state index is 0.737. The van der Waals surface area contributed by atoms with E-state index in [1.807, 2.05) is 0 Å². The van der Waals surface area contributed by atoms with Gasteiger partial charge in [0.05, 0.1) is 0 Å². The van der Waals surface area contributed by atoms with E-state index in [1.165, 1.54) is 64.7 Å². The molecule has 0 radical (unpaired) electrons. The smallest absolute Gasteiger partial charge is 0.0107 e. The van der Waals surface area contributed by atoms with Gasteiger partial charge in [-0.05, 0) is 57.5 Å². The summed E-state index contributed by atoms with van der Waals surface area (Å²) in [5, 5.41) is 3.74. The molecule has 1 N–H and O–H groups in total. The molecule has 2 fully saturated rings. The van der Waals surface area contributed by atoms with Gasteiger partial charge in [0.2, 0.25) is 0 Å². The highest BCUT2D eigenvalue weighted by Crippen LogP contribution is 2.27. The number of nitrogens with zero attached hydrogens (tertiary/aromatic N) is 1. The van der Waals surface area contributed by atoms with Crippen LogP contribution in [0.5, 0.6) is 0 Å². The quantitative estimate of drug-likeness (QED) is 0.792. The molecule has 0 aromatic heterocycles. The van der Waals surface area contributed by atoms with E-state index in [9.17, 15) is 0 Å². The molecule has 2 rings (SSSR count). The van der Waals surface area contributed by atoms with Crippen LogP contribution in [0.2, 0.25) is 0 Å². The first kappa shape index (κ1) is 13.4. The molecule has 1 unspecified atom stereocenters. The van der Waals surface area contributed by atoms with Gasteiger partial charge in [-0.25, -0.2) is 0 Å². The van der Waals surface area contributed by atoms with Crippen LogP contribution in [-0.4, -0.2) is 37.1 Å². The molecular weight excluding hydrogens is 208 g/mol. The lowest BCUT2D eigenvalue weighted by Gasteiger charge is -2.31. The van der Waals surface area contributed by atoms with Crippen molar-refractivity contribution in [3.63, 3.8) is 0 Å². The zero-order chi connectivity index (χ0) is 12.1. The average Bonchev–Trinajstić information content (AvgIpc) is 2.85. The predicted octanol–water partition coefficient (Wildman–Crippen LogP) is 2.89. The molecule has 1 atom stereocenters. The molecule has 1 heterocycles. The molecule has 0 aromatic rings. The fourth-order valence-electron chi connectivity index (χ4n) is 3.36. The van der Waals surface area contributed by atoms with E-state index in [0.717, 1.165) is 17.9 Å². The number of rotatable bonds is 5. The van der Waals surface area contributed by atoms with E-state index >= 15 is 0 Å². The van der Waals surface area contributed by atoms with Gasteiger partial charge in [0.1, 0.15) is 0 Å². The van der Waals surface area contributed by atoms with Crippen LogP contribution >= 0.6 is 0 Å². The van der Waals surface area contributed by atoms with Crippen LogP contribution in [0.25, 0.3) is 0 Å². The molecule has 100 valence electrons. The van der Waals surface area contributed by atoms with Gasteiger partial charge >= 0.3 is 0 Å². The van der Waals surface area contributed by atoms with Gasteiger partial charge < -0.3 is 10.2 Å². The zero-order valence-corrected chi connectivity index (χ0v) is 11.8. The molecule has 0 bridgehead atoms. The van der Waals surface area contributed by atoms with Crippen molar-refractivity contribution in [3.05, 3.63) is 0 Å². The summed E-state index contributed by atoms with van der Waals surface area (Å²) in [6.45, 7) is 9.85. The van der Waals surface area contributed by atoms with E-state index in [2.05, 4.69) is 24.1 Å². The van der Waals surface area contributed by atoms with Crippen molar-refractivity contribution in [1.29, 1.82) is 0 Å². The van der Waals surface area contributed by atoms with Crippen LogP contribution < -0.4 is 5.32 Å². The molecule has 1 saturated heterocycles. The number of hydrogen-bond donors (Lipinski definition) is 1. The van der Waals surface area contributed by atoms with Crippen LogP contribution in [0.3, 0.4) is 0 Å². The van der Waals surface area contributed by atoms with Gasteiger partial charge in [-0.1, -0.05) is 19.8 Å². The van der Waals surface area contributed by atoms with E-state index in [4.69, 9.17) is 0 Å². The molecule has 2 heteroatoms. The summed E-state index contributed by atoms with van der Waals surface area (Å²) in [6.07, 6.45) is 8.63. The Labute approximate surface area is 107 Å². The van der Waals surface area contributed by atoms with E-state index < -0.39 is 0 Å². The lowest BCUT2D eigenvalue weighted by Crippen LogP contribution is -2.41. The fraction of sp³-hybridized carbons (Fsp3) is 1.00. The molecule has 2 aliphatic rings. The summed E-state index contributed by atoms with van der Waals surface area (Å²) in [7, 11) is 0. The normalized spacial score (nSPS) is 26.5. The van der Waals surface area contributed by atoms with E-state index in [0.29, 0.717) is 0 Å². The highest BCUT2D eigenvalue weighted by atomic mass is 15.1. The van der Waals surface area contributed by atoms with Gasteiger partial charge in [0.25, 0.3) is 0 Å². The van der Waals surface area contributed by atoms with Crippen molar-refractivity contribution in [1.82, 2.24) is 10.2 Å². The number of hydrogen-bond acceptors (Lipinski definition) is 2. The Morgan fingerprint density at radius 2 is 1.76 bits per heavy atom. The SMILES string of the molecule is CC1CCN(CCNC(C)C2CCCC2)CC1. The number of nitrogens with one attached hydrogen (secondary N) is 1. The van der Waals surface area contributed by atoms with E-state index in [-0.39, 0.29) is 0 Å². The predicted molar refractivity (Wildman–Crippen MR) is 74.3 cm³/mol. The molecule has 2 nitrogen and oxygen atoms in total. The second-order valence-electron chi connectivity index (χ2n) is 6.31. The standard InChI is InChI=1S/C15H30N2/c1-13-7-10-17(11-8-13)12-9-16-14(2)15-5-3-4-6-15/h13-16H,3-12H2,1-2H3. The summed E-state index contributed by atoms with van der Waals surface area (Å²) in [5.41, 5.74) is 0. The van der Waals surface area contributed by atoms with Gasteiger partial charge in [-0.2, -0.15) is 0 Å². The second-order valence-corrected chi connectivity index (χ2v) is 6.31. The molecule has 1 aliphatic heterocycles. The Morgan fingerprint density at radius 3 is 2.41 bits per heavy atom. The van der Waals surface area contributed by atoms with Crippen molar-refractivity contribution >= 4 is 0 Å². The maximum atomic E-state index is 3.74. The third-order valence-corrected chi connectivity index (χ3v) is 4.88. The topological polar surface area (TPSA) is 15.3 Å². The Bertz CT molecular complexity index is 203. The van der Waals surface area contributed by atoms with Crippen LogP contribution in [0.15, 0.2) is 0 Å². The maximum absolute atomic E-state index is 3.74. The Hall–Kier alpha value is -0.0800. The molecular formula is C15H30N2. The van der Waals surface area contributed by atoms with Crippen LogP contribution in [0, 0.1) is 11.8 Å². The van der Waals surface area contributed by atoms with Crippen LogP contribution in [-0.2, 0) is 0 Å². The molecule has 0 aromatic carbocycles. The summed E-state index contributed by atoms with van der Waals surface area (Å²) >= 11 is 0. The first-order chi connectivity index (χ1) is 8.25. The lowest BCUT2D eigenvalue weighted by atomic mass is 9.99. The van der Waals surface area contributed by atoms with Crippen molar-refractivity contribution < 1.29 is 0 Å². The first-order valence-corrected chi connectivity index (χ1v) is 7.71. The number of likely N-dealkylation sites (tertiary alicyclic amines) is 1. The largest absolute Gasteiger partial charge is 0.313 e. The third kappa shape index (κ3) is 4.26. The van der Waals surface area contributed by atoms with Gasteiger partial charge in [0.15, 0.2) is 0 Å². The van der Waals surface area contributed by atoms with Crippen molar-refractivity contribution in [2.45, 2.75) is 58.4 Å². The van der Waals surface area contributed by atoms with Gasteiger partial charge in [-0.3, -0.25) is 0 Å². The summed E-state index contributed by atoms with van der Waals surface area (Å²) < 4.78 is 0. The highest BCUT2D eigenvalue weighted by Gasteiger charge is 2.21. The van der Waals surface area contributed by atoms with Crippen molar-refractivity contribution in [2.24, 2.45) is 11.8 Å². The van der Waals surface area contributed by atoms with Crippen LogP contribution in [0.4, 0.5) is 0 Å². The summed E-state index contributed by atoms with van der Waals surface area (Å²) in [4.78, 5) is 2.63. The van der Waals surface area contributed by atoms with Crippen molar-refractivity contribution in [2.75, 3.05) is 26.2 Å². The van der Waals surface area contributed by atoms with Gasteiger partial charge in [0, 0.05) is 19.1 Å². The summed E-state index contributed by atoms with van der Waals surface area (Å²) in [6, 6.07) is 0.737. The Kier molecular flexibility index (Phi) is 5.30. The molecule has 1 saturated carbocycles. The summed E-state index contributed by atoms with van der Waals surface area (Å²) in [5.74, 6) is 1.91. The fourth-order valence-corrected chi connectivity index (χ4v) is 3.36. The highest BCUT2D eigenvalue weighted by molar-refractivity contribution is 4.78. The molecule has 0 spiro atoms. The van der Waals surface area contributed by atoms with Crippen LogP contribution in [0.1, 0.15) is 52.4 Å². The maximum Gasteiger partial charge on any atom is 0.0107 e. The van der Waals surface area contributed by atoms with Gasteiger partial charge in [-0.15, -0.1) is 0 Å². The Balaban J connectivity index is 1.56.